The number of halogens is 3. The molecule has 1 amide bonds. The van der Waals surface area contributed by atoms with E-state index in [4.69, 9.17) is 39.2 Å². The van der Waals surface area contributed by atoms with E-state index in [9.17, 15) is 4.79 Å². The Balaban J connectivity index is 1.56. The second kappa shape index (κ2) is 9.14. The maximum Gasteiger partial charge on any atom is 0.234 e. The average molecular weight is 480 g/mol. The van der Waals surface area contributed by atoms with Crippen LogP contribution in [0.1, 0.15) is 0 Å². The van der Waals surface area contributed by atoms with Crippen LogP contribution < -0.4 is 5.32 Å². The Morgan fingerprint density at radius 3 is 2.40 bits per heavy atom. The zero-order valence-electron chi connectivity index (χ0n) is 15.2. The molecule has 0 bridgehead atoms. The third-order valence-corrected chi connectivity index (χ3v) is 5.56. The molecule has 0 saturated carbocycles. The van der Waals surface area contributed by atoms with Gasteiger partial charge >= 0.3 is 0 Å². The highest BCUT2D eigenvalue weighted by molar-refractivity contribution is 7.99. The van der Waals surface area contributed by atoms with E-state index in [1.807, 2.05) is 16.7 Å². The number of nitrogens with one attached hydrogen (secondary N) is 1. The van der Waals surface area contributed by atoms with Gasteiger partial charge in [0.15, 0.2) is 10.9 Å². The van der Waals surface area contributed by atoms with Crippen molar-refractivity contribution in [3.8, 4) is 17.3 Å². The number of nitrogens with zero attached hydrogens (tertiary/aromatic N) is 3. The number of aromatic nitrogens is 3. The first kappa shape index (κ1) is 20.8. The van der Waals surface area contributed by atoms with E-state index >= 15 is 0 Å². The van der Waals surface area contributed by atoms with Crippen molar-refractivity contribution in [2.24, 2.45) is 0 Å². The Labute approximate surface area is 191 Å². The number of benzene rings is 2. The highest BCUT2D eigenvalue weighted by atomic mass is 35.5. The van der Waals surface area contributed by atoms with Crippen molar-refractivity contribution in [3.05, 3.63) is 75.9 Å². The fourth-order valence-electron chi connectivity index (χ4n) is 2.70. The third-order valence-electron chi connectivity index (χ3n) is 3.94. The van der Waals surface area contributed by atoms with Gasteiger partial charge in [0, 0.05) is 26.4 Å². The Morgan fingerprint density at radius 2 is 1.73 bits per heavy atom. The second-order valence-corrected chi connectivity index (χ2v) is 8.34. The summed E-state index contributed by atoms with van der Waals surface area (Å²) in [6.07, 6.45) is 1.56. The fraction of sp³-hybridized carbons (Fsp3) is 0.0500. The van der Waals surface area contributed by atoms with E-state index in [1.54, 1.807) is 48.7 Å². The normalized spacial score (nSPS) is 10.9. The highest BCUT2D eigenvalue weighted by Crippen LogP contribution is 2.29. The summed E-state index contributed by atoms with van der Waals surface area (Å²) in [6, 6.07) is 15.6. The van der Waals surface area contributed by atoms with Gasteiger partial charge in [-0.25, -0.2) is 0 Å². The summed E-state index contributed by atoms with van der Waals surface area (Å²) < 4.78 is 7.29. The molecule has 2 aromatic heterocycles. The molecule has 0 atom stereocenters. The van der Waals surface area contributed by atoms with Crippen LogP contribution in [0.2, 0.25) is 15.1 Å². The first-order valence-corrected chi connectivity index (χ1v) is 10.8. The van der Waals surface area contributed by atoms with Crippen LogP contribution in [0.25, 0.3) is 17.3 Å². The number of carbonyl (C=O) groups excluding carboxylic acids is 1. The van der Waals surface area contributed by atoms with Crippen molar-refractivity contribution >= 4 is 58.2 Å². The average Bonchev–Trinajstić information content (AvgIpc) is 3.36. The van der Waals surface area contributed by atoms with Gasteiger partial charge < -0.3 is 9.73 Å². The van der Waals surface area contributed by atoms with E-state index in [2.05, 4.69) is 15.5 Å². The lowest BCUT2D eigenvalue weighted by molar-refractivity contribution is -0.113. The number of hydrogen-bond acceptors (Lipinski definition) is 5. The maximum atomic E-state index is 12.4. The summed E-state index contributed by atoms with van der Waals surface area (Å²) in [6.45, 7) is 0. The number of amides is 1. The molecule has 4 aromatic rings. The molecular formula is C20H13Cl3N4O2S. The van der Waals surface area contributed by atoms with Gasteiger partial charge in [0.2, 0.25) is 11.7 Å². The Morgan fingerprint density at radius 1 is 1.00 bits per heavy atom. The van der Waals surface area contributed by atoms with Crippen LogP contribution in [0, 0.1) is 0 Å². The van der Waals surface area contributed by atoms with Gasteiger partial charge in [0.05, 0.1) is 12.0 Å². The smallest absolute Gasteiger partial charge is 0.234 e. The van der Waals surface area contributed by atoms with Crippen molar-refractivity contribution in [1.82, 2.24) is 14.8 Å². The van der Waals surface area contributed by atoms with Gasteiger partial charge in [-0.3, -0.25) is 9.36 Å². The van der Waals surface area contributed by atoms with Crippen LogP contribution in [0.5, 0.6) is 0 Å². The molecule has 0 unspecified atom stereocenters. The Kier molecular flexibility index (Phi) is 6.34. The molecule has 10 heteroatoms. The molecule has 0 spiro atoms. The summed E-state index contributed by atoms with van der Waals surface area (Å²) in [7, 11) is 0. The van der Waals surface area contributed by atoms with Gasteiger partial charge in [0.1, 0.15) is 0 Å². The van der Waals surface area contributed by atoms with Crippen molar-refractivity contribution in [3.63, 3.8) is 0 Å². The van der Waals surface area contributed by atoms with Gasteiger partial charge in [-0.1, -0.05) is 46.6 Å². The SMILES string of the molecule is O=C(CSc1nnc(-c2ccco2)n1-c1ccc(Cl)cc1)Nc1cc(Cl)cc(Cl)c1. The summed E-state index contributed by atoms with van der Waals surface area (Å²) >= 11 is 19.2. The van der Waals surface area contributed by atoms with Crippen molar-refractivity contribution < 1.29 is 9.21 Å². The Bertz CT molecular complexity index is 1160. The molecule has 2 aromatic carbocycles. The second-order valence-electron chi connectivity index (χ2n) is 6.09. The number of furan rings is 1. The molecule has 30 heavy (non-hydrogen) atoms. The van der Waals surface area contributed by atoms with E-state index < -0.39 is 0 Å². The van der Waals surface area contributed by atoms with Crippen LogP contribution in [-0.2, 0) is 4.79 Å². The summed E-state index contributed by atoms with van der Waals surface area (Å²) in [5, 5.41) is 13.3. The summed E-state index contributed by atoms with van der Waals surface area (Å²) in [4.78, 5) is 12.4. The van der Waals surface area contributed by atoms with Gasteiger partial charge in [-0.15, -0.1) is 10.2 Å². The van der Waals surface area contributed by atoms with E-state index in [-0.39, 0.29) is 11.7 Å². The maximum absolute atomic E-state index is 12.4. The molecule has 6 nitrogen and oxygen atoms in total. The van der Waals surface area contributed by atoms with E-state index in [0.717, 1.165) is 5.69 Å². The fourth-order valence-corrected chi connectivity index (χ4v) is 4.11. The first-order valence-electron chi connectivity index (χ1n) is 8.63. The summed E-state index contributed by atoms with van der Waals surface area (Å²) in [5.41, 5.74) is 1.31. The van der Waals surface area contributed by atoms with Crippen molar-refractivity contribution in [2.75, 3.05) is 11.1 Å². The van der Waals surface area contributed by atoms with Gasteiger partial charge in [-0.2, -0.15) is 0 Å². The minimum absolute atomic E-state index is 0.105. The van der Waals surface area contributed by atoms with Crippen LogP contribution in [0.4, 0.5) is 5.69 Å². The van der Waals surface area contributed by atoms with Crippen LogP contribution in [-0.4, -0.2) is 26.4 Å². The largest absolute Gasteiger partial charge is 0.461 e. The predicted octanol–water partition coefficient (Wildman–Crippen LogP) is 6.22. The lowest BCUT2D eigenvalue weighted by Crippen LogP contribution is -2.14. The lowest BCUT2D eigenvalue weighted by Gasteiger charge is -2.10. The van der Waals surface area contributed by atoms with Crippen LogP contribution in [0.15, 0.2) is 70.4 Å². The molecular weight excluding hydrogens is 467 g/mol. The quantitative estimate of drug-likeness (QED) is 0.332. The van der Waals surface area contributed by atoms with E-state index in [1.165, 1.54) is 11.8 Å². The molecule has 4 rings (SSSR count). The predicted molar refractivity (Wildman–Crippen MR) is 120 cm³/mol. The molecule has 152 valence electrons. The number of hydrogen-bond donors (Lipinski definition) is 1. The molecule has 0 fully saturated rings. The third kappa shape index (κ3) is 4.82. The van der Waals surface area contributed by atoms with Gasteiger partial charge in [0.25, 0.3) is 0 Å². The number of carbonyl (C=O) groups is 1. The monoisotopic (exact) mass is 478 g/mol. The molecule has 1 N–H and O–H groups in total. The number of rotatable bonds is 6. The molecule has 0 saturated heterocycles. The zero-order chi connectivity index (χ0) is 21.1. The minimum atomic E-state index is -0.233. The number of anilines is 1. The molecule has 0 aliphatic carbocycles. The van der Waals surface area contributed by atoms with Gasteiger partial charge in [-0.05, 0) is 54.6 Å². The highest BCUT2D eigenvalue weighted by Gasteiger charge is 2.19. The molecule has 0 aliphatic heterocycles. The van der Waals surface area contributed by atoms with Crippen LogP contribution >= 0.6 is 46.6 Å². The Hall–Kier alpha value is -2.45. The number of thioether (sulfide) groups is 1. The lowest BCUT2D eigenvalue weighted by atomic mass is 10.3. The van der Waals surface area contributed by atoms with E-state index in [0.29, 0.717) is 37.5 Å². The zero-order valence-corrected chi connectivity index (χ0v) is 18.3. The van der Waals surface area contributed by atoms with Crippen molar-refractivity contribution in [2.45, 2.75) is 5.16 Å². The molecule has 0 aliphatic rings. The van der Waals surface area contributed by atoms with Crippen molar-refractivity contribution in [1.29, 1.82) is 0 Å². The topological polar surface area (TPSA) is 73.0 Å². The standard InChI is InChI=1S/C20H13Cl3N4O2S/c21-12-3-5-16(6-4-12)27-19(17-2-1-7-29-17)25-26-20(27)30-11-18(28)24-15-9-13(22)8-14(23)10-15/h1-10H,11H2,(H,24,28). The van der Waals surface area contributed by atoms with Crippen LogP contribution in [0.3, 0.4) is 0 Å². The molecule has 2 heterocycles. The molecule has 0 radical (unpaired) electrons. The summed E-state index contributed by atoms with van der Waals surface area (Å²) in [5.74, 6) is 0.950. The first-order chi connectivity index (χ1) is 14.5. The minimum Gasteiger partial charge on any atom is -0.461 e.